The van der Waals surface area contributed by atoms with Crippen LogP contribution in [0.5, 0.6) is 5.75 Å². The molecule has 0 aliphatic heterocycles. The van der Waals surface area contributed by atoms with Crippen molar-refractivity contribution >= 4 is 80.6 Å². The molecule has 0 aliphatic rings. The van der Waals surface area contributed by atoms with Gasteiger partial charge in [-0.05, 0) is 35.7 Å². The summed E-state index contributed by atoms with van der Waals surface area (Å²) in [6, 6.07) is 11.5. The first-order chi connectivity index (χ1) is 16.2. The molecule has 0 unspecified atom stereocenters. The summed E-state index contributed by atoms with van der Waals surface area (Å²) in [4.78, 5) is -2.35. The Hall–Kier alpha value is 0.0625. The summed E-state index contributed by atoms with van der Waals surface area (Å²) in [6.45, 7) is 0. The SMILES string of the molecule is O=S(=O)([O-])c1ccc2c(N=Nc3ccc(S(=O)(=O)[O-])c4ccccc34)c(O)c(S(=O)(=O)[O-])cc2c1.[Al+3].[Na+].[Na+].[Na+]. The molecule has 0 aromatic heterocycles. The smallest absolute Gasteiger partial charge is 0.744 e. The molecule has 12 nitrogen and oxygen atoms in total. The first kappa shape index (κ1) is 39.1. The summed E-state index contributed by atoms with van der Waals surface area (Å²) >= 11 is 0. The maximum Gasteiger partial charge on any atom is 3.00 e. The van der Waals surface area contributed by atoms with Gasteiger partial charge in [-0.3, -0.25) is 0 Å². The standard InChI is InChI=1S/C20H14N2O10S3.Al.3Na/c23-20-18(35(30,31)32)10-11-9-12(33(24,25)26)5-6-13(11)19(20)22-21-16-7-8-17(34(27,28)29)15-4-2-1-3-14(15)16;;;;/h1-10,23H,(H,24,25,26)(H,27,28,29)(H,30,31,32);;;;/q;+3;3*+1/p-3. The predicted octanol–water partition coefficient (Wildman–Crippen LogP) is -6.54. The van der Waals surface area contributed by atoms with Gasteiger partial charge in [-0.2, -0.15) is 0 Å². The molecule has 4 aromatic rings. The molecule has 4 rings (SSSR count). The minimum Gasteiger partial charge on any atom is -0.744 e. The van der Waals surface area contributed by atoms with Crippen molar-refractivity contribution in [1.29, 1.82) is 0 Å². The Bertz CT molecular complexity index is 1900. The third kappa shape index (κ3) is 8.56. The Morgan fingerprint density at radius 3 is 1.72 bits per heavy atom. The van der Waals surface area contributed by atoms with E-state index in [1.165, 1.54) is 24.3 Å². The van der Waals surface area contributed by atoms with Crippen LogP contribution in [0.4, 0.5) is 11.4 Å². The topological polar surface area (TPSA) is 217 Å². The van der Waals surface area contributed by atoms with E-state index in [-0.39, 0.29) is 133 Å². The number of aromatic hydroxyl groups is 1. The van der Waals surface area contributed by atoms with Crippen molar-refractivity contribution in [3.8, 4) is 5.75 Å². The van der Waals surface area contributed by atoms with Crippen molar-refractivity contribution in [1.82, 2.24) is 0 Å². The van der Waals surface area contributed by atoms with Crippen LogP contribution in [0, 0.1) is 0 Å². The van der Waals surface area contributed by atoms with Gasteiger partial charge in [-0.15, -0.1) is 10.2 Å². The van der Waals surface area contributed by atoms with Crippen molar-refractivity contribution in [2.24, 2.45) is 10.2 Å². The van der Waals surface area contributed by atoms with Crippen LogP contribution in [0.3, 0.4) is 0 Å². The maximum absolute atomic E-state index is 11.7. The van der Waals surface area contributed by atoms with E-state index in [2.05, 4.69) is 10.2 Å². The molecule has 0 bridgehead atoms. The maximum atomic E-state index is 11.7. The second-order valence-corrected chi connectivity index (χ2v) is 11.2. The Kier molecular flexibility index (Phi) is 14.5. The molecule has 0 saturated heterocycles. The number of fused-ring (bicyclic) bond motifs is 2. The minimum atomic E-state index is -5.27. The van der Waals surface area contributed by atoms with Crippen LogP contribution in [0.15, 0.2) is 85.6 Å². The van der Waals surface area contributed by atoms with Crippen LogP contribution >= 0.6 is 0 Å². The van der Waals surface area contributed by atoms with E-state index in [9.17, 15) is 44.0 Å². The molecule has 0 heterocycles. The summed E-state index contributed by atoms with van der Waals surface area (Å²) in [5.74, 6) is -1.07. The summed E-state index contributed by atoms with van der Waals surface area (Å²) in [5.41, 5.74) is -0.508. The summed E-state index contributed by atoms with van der Waals surface area (Å²) in [5, 5.41) is 18.2. The van der Waals surface area contributed by atoms with Crippen LogP contribution in [-0.4, -0.2) is 61.4 Å². The number of nitrogens with zero attached hydrogens (tertiary/aromatic N) is 2. The van der Waals surface area contributed by atoms with Crippen LogP contribution in [0.25, 0.3) is 21.5 Å². The number of phenols is 1. The number of hydrogen-bond acceptors (Lipinski definition) is 12. The van der Waals surface area contributed by atoms with E-state index in [4.69, 9.17) is 0 Å². The molecule has 4 aromatic carbocycles. The molecule has 182 valence electrons. The largest absolute Gasteiger partial charge is 3.00 e. The van der Waals surface area contributed by atoms with Gasteiger partial charge < -0.3 is 18.8 Å². The molecule has 1 N–H and O–H groups in total. The summed E-state index contributed by atoms with van der Waals surface area (Å²) in [6.07, 6.45) is 0. The molecule has 0 fully saturated rings. The quantitative estimate of drug-likeness (QED) is 0.125. The Morgan fingerprint density at radius 1 is 0.615 bits per heavy atom. The van der Waals surface area contributed by atoms with Gasteiger partial charge in [-0.25, -0.2) is 25.3 Å². The third-order valence-corrected chi connectivity index (χ3v) is 7.54. The second kappa shape index (κ2) is 14.5. The zero-order chi connectivity index (χ0) is 25.8. The van der Waals surface area contributed by atoms with E-state index in [0.717, 1.165) is 30.3 Å². The van der Waals surface area contributed by atoms with Gasteiger partial charge in [0, 0.05) is 16.2 Å². The van der Waals surface area contributed by atoms with E-state index in [0.29, 0.717) is 6.07 Å². The molecule has 0 amide bonds. The monoisotopic (exact) mass is 631 g/mol. The van der Waals surface area contributed by atoms with Crippen LogP contribution in [0.2, 0.25) is 0 Å². The van der Waals surface area contributed by atoms with E-state index >= 15 is 0 Å². The summed E-state index contributed by atoms with van der Waals surface area (Å²) in [7, 11) is -15.0. The molecule has 0 saturated carbocycles. The van der Waals surface area contributed by atoms with Crippen molar-refractivity contribution in [3.05, 3.63) is 60.7 Å². The number of benzene rings is 4. The van der Waals surface area contributed by atoms with E-state index in [1.807, 2.05) is 0 Å². The zero-order valence-corrected chi connectivity index (χ0v) is 30.2. The Morgan fingerprint density at radius 2 is 1.18 bits per heavy atom. The fraction of sp³-hybridized carbons (Fsp3) is 0. The van der Waals surface area contributed by atoms with Gasteiger partial charge in [-0.1, -0.05) is 30.3 Å². The molecular formula is C20H11AlN2Na3O10S3+3. The first-order valence-electron chi connectivity index (χ1n) is 9.29. The van der Waals surface area contributed by atoms with Gasteiger partial charge in [0.2, 0.25) is 0 Å². The van der Waals surface area contributed by atoms with Gasteiger partial charge >= 0.3 is 106 Å². The molecule has 0 atom stereocenters. The predicted molar refractivity (Wildman–Crippen MR) is 123 cm³/mol. The Labute approximate surface area is 300 Å². The number of azo groups is 1. The molecule has 0 spiro atoms. The Balaban J connectivity index is 0.00000361. The van der Waals surface area contributed by atoms with Crippen molar-refractivity contribution in [3.63, 3.8) is 0 Å². The van der Waals surface area contributed by atoms with Crippen molar-refractivity contribution in [2.45, 2.75) is 14.7 Å². The zero-order valence-electron chi connectivity index (χ0n) is 20.6. The summed E-state index contributed by atoms with van der Waals surface area (Å²) < 4.78 is 104. The number of phenolic OH excluding ortho intramolecular Hbond substituents is 1. The minimum absolute atomic E-state index is 0. The molecular weight excluding hydrogens is 620 g/mol. The van der Waals surface area contributed by atoms with Crippen molar-refractivity contribution in [2.75, 3.05) is 0 Å². The second-order valence-electron chi connectivity index (χ2n) is 7.15. The first-order valence-corrected chi connectivity index (χ1v) is 13.5. The van der Waals surface area contributed by atoms with Crippen molar-refractivity contribution < 1.29 is 133 Å². The van der Waals surface area contributed by atoms with E-state index in [1.54, 1.807) is 0 Å². The van der Waals surface area contributed by atoms with Crippen LogP contribution in [-0.2, 0) is 30.4 Å². The van der Waals surface area contributed by atoms with Gasteiger partial charge in [0.05, 0.1) is 20.4 Å². The fourth-order valence-electron chi connectivity index (χ4n) is 3.44. The third-order valence-electron chi connectivity index (χ3n) is 4.97. The van der Waals surface area contributed by atoms with Crippen LogP contribution < -0.4 is 88.7 Å². The van der Waals surface area contributed by atoms with Crippen LogP contribution in [0.1, 0.15) is 0 Å². The number of rotatable bonds is 5. The molecule has 19 heteroatoms. The fourth-order valence-corrected chi connectivity index (χ4v) is 5.23. The van der Waals surface area contributed by atoms with E-state index < -0.39 is 56.5 Å². The van der Waals surface area contributed by atoms with Gasteiger partial charge in [0.15, 0.2) is 5.75 Å². The molecule has 0 aliphatic carbocycles. The average Bonchev–Trinajstić information content (AvgIpc) is 2.75. The molecule has 39 heavy (non-hydrogen) atoms. The molecule has 0 radical (unpaired) electrons. The average molecular weight is 631 g/mol. The normalized spacial score (nSPS) is 11.8. The van der Waals surface area contributed by atoms with Gasteiger partial charge in [0.1, 0.15) is 36.0 Å². The van der Waals surface area contributed by atoms with Gasteiger partial charge in [0.25, 0.3) is 0 Å². The number of hydrogen-bond donors (Lipinski definition) is 1.